The summed E-state index contributed by atoms with van der Waals surface area (Å²) in [6.07, 6.45) is 0. The molecule has 10 heteroatoms. The molecule has 1 aromatic carbocycles. The number of H-pyrrole nitrogens is 1. The fourth-order valence-corrected chi connectivity index (χ4v) is 4.47. The van der Waals surface area contributed by atoms with Gasteiger partial charge in [-0.15, -0.1) is 0 Å². The predicted octanol–water partition coefficient (Wildman–Crippen LogP) is 2.71. The molecular formula is C21H26Cl2N6O2. The van der Waals surface area contributed by atoms with Crippen molar-refractivity contribution in [1.82, 2.24) is 24.0 Å². The third-order valence-electron chi connectivity index (χ3n) is 5.60. The van der Waals surface area contributed by atoms with Crippen molar-refractivity contribution >= 4 is 40.3 Å². The van der Waals surface area contributed by atoms with Crippen LogP contribution in [0.3, 0.4) is 0 Å². The molecule has 0 aliphatic carbocycles. The van der Waals surface area contributed by atoms with Crippen LogP contribution in [0.25, 0.3) is 11.2 Å². The minimum Gasteiger partial charge on any atom is -0.340 e. The van der Waals surface area contributed by atoms with E-state index in [0.717, 1.165) is 44.2 Å². The Labute approximate surface area is 190 Å². The van der Waals surface area contributed by atoms with E-state index in [0.29, 0.717) is 33.7 Å². The van der Waals surface area contributed by atoms with E-state index in [4.69, 9.17) is 28.2 Å². The summed E-state index contributed by atoms with van der Waals surface area (Å²) in [4.78, 5) is 36.3. The summed E-state index contributed by atoms with van der Waals surface area (Å²) >= 11 is 12.3. The average Bonchev–Trinajstić information content (AvgIpc) is 3.08. The van der Waals surface area contributed by atoms with Gasteiger partial charge in [-0.05, 0) is 23.6 Å². The lowest BCUT2D eigenvalue weighted by Gasteiger charge is -2.35. The summed E-state index contributed by atoms with van der Waals surface area (Å²) < 4.78 is 3.35. The maximum absolute atomic E-state index is 12.6. The fourth-order valence-electron chi connectivity index (χ4n) is 4.00. The monoisotopic (exact) mass is 464 g/mol. The molecular weight excluding hydrogens is 439 g/mol. The Morgan fingerprint density at radius 2 is 1.84 bits per heavy atom. The zero-order chi connectivity index (χ0) is 22.3. The first kappa shape index (κ1) is 21.9. The average molecular weight is 465 g/mol. The number of imidazole rings is 1. The van der Waals surface area contributed by atoms with Crippen LogP contribution < -0.4 is 16.1 Å². The number of benzene rings is 1. The number of aromatic nitrogens is 4. The second-order valence-electron chi connectivity index (χ2n) is 8.41. The quantitative estimate of drug-likeness (QED) is 0.627. The number of hydrogen-bond donors (Lipinski definition) is 1. The summed E-state index contributed by atoms with van der Waals surface area (Å²) in [6, 6.07) is 5.59. The van der Waals surface area contributed by atoms with Crippen LogP contribution in [-0.4, -0.2) is 50.2 Å². The fraction of sp³-hybridized carbons (Fsp3) is 0.476. The van der Waals surface area contributed by atoms with Crippen LogP contribution in [0, 0.1) is 5.92 Å². The van der Waals surface area contributed by atoms with Gasteiger partial charge in [0.15, 0.2) is 11.2 Å². The van der Waals surface area contributed by atoms with Crippen LogP contribution in [0.15, 0.2) is 27.8 Å². The molecule has 0 saturated carbocycles. The van der Waals surface area contributed by atoms with E-state index in [-0.39, 0.29) is 0 Å². The first-order valence-corrected chi connectivity index (χ1v) is 11.1. The molecule has 8 nitrogen and oxygen atoms in total. The number of fused-ring (bicyclic) bond motifs is 1. The predicted molar refractivity (Wildman–Crippen MR) is 124 cm³/mol. The van der Waals surface area contributed by atoms with Crippen molar-refractivity contribution in [3.05, 3.63) is 54.6 Å². The number of aromatic amines is 1. The standard InChI is InChI=1S/C21H26Cl2N6O2/c1-13(2)11-29-17-18(26(3)21(31)25-19(17)30)24-20(29)28-8-6-27(7-9-28)12-14-4-5-15(22)10-16(14)23/h4-5,10,13H,6-9,11-12H2,1-3H3,(H,25,30,31). The van der Waals surface area contributed by atoms with Crippen molar-refractivity contribution in [3.8, 4) is 0 Å². The summed E-state index contributed by atoms with van der Waals surface area (Å²) in [5, 5.41) is 1.31. The highest BCUT2D eigenvalue weighted by Crippen LogP contribution is 2.25. The molecule has 1 N–H and O–H groups in total. The van der Waals surface area contributed by atoms with Gasteiger partial charge in [-0.25, -0.2) is 4.79 Å². The topological polar surface area (TPSA) is 79.2 Å². The molecule has 31 heavy (non-hydrogen) atoms. The highest BCUT2D eigenvalue weighted by molar-refractivity contribution is 6.35. The SMILES string of the molecule is CC(C)Cn1c(N2CCN(Cc3ccc(Cl)cc3Cl)CC2)nc2c1c(=O)[nH]c(=O)n2C. The number of aryl methyl sites for hydroxylation is 1. The van der Waals surface area contributed by atoms with Crippen molar-refractivity contribution in [2.75, 3.05) is 31.1 Å². The third-order valence-corrected chi connectivity index (χ3v) is 6.19. The van der Waals surface area contributed by atoms with E-state index in [9.17, 15) is 9.59 Å². The zero-order valence-electron chi connectivity index (χ0n) is 17.9. The number of rotatable bonds is 5. The molecule has 166 valence electrons. The van der Waals surface area contributed by atoms with E-state index in [1.807, 2.05) is 16.7 Å². The second-order valence-corrected chi connectivity index (χ2v) is 9.25. The van der Waals surface area contributed by atoms with E-state index < -0.39 is 11.2 Å². The second kappa shape index (κ2) is 8.68. The van der Waals surface area contributed by atoms with Gasteiger partial charge in [0.25, 0.3) is 5.56 Å². The normalized spacial score (nSPS) is 15.4. The number of hydrogen-bond acceptors (Lipinski definition) is 5. The van der Waals surface area contributed by atoms with Gasteiger partial charge in [-0.2, -0.15) is 4.98 Å². The molecule has 0 amide bonds. The first-order valence-electron chi connectivity index (χ1n) is 10.4. The van der Waals surface area contributed by atoms with E-state index in [1.165, 1.54) is 4.57 Å². The minimum atomic E-state index is -0.456. The number of halogens is 2. The maximum atomic E-state index is 12.6. The van der Waals surface area contributed by atoms with Gasteiger partial charge in [0.2, 0.25) is 5.95 Å². The first-order chi connectivity index (χ1) is 14.7. The number of anilines is 1. The highest BCUT2D eigenvalue weighted by Gasteiger charge is 2.25. The lowest BCUT2D eigenvalue weighted by atomic mass is 10.2. The van der Waals surface area contributed by atoms with E-state index in [2.05, 4.69) is 28.6 Å². The molecule has 1 fully saturated rings. The summed E-state index contributed by atoms with van der Waals surface area (Å²) in [5.74, 6) is 1.06. The number of piperazine rings is 1. The highest BCUT2D eigenvalue weighted by atomic mass is 35.5. The molecule has 2 aromatic heterocycles. The molecule has 3 aromatic rings. The van der Waals surface area contributed by atoms with Crippen molar-refractivity contribution in [1.29, 1.82) is 0 Å². The Bertz CT molecular complexity index is 1220. The van der Waals surface area contributed by atoms with E-state index in [1.54, 1.807) is 13.1 Å². The van der Waals surface area contributed by atoms with E-state index >= 15 is 0 Å². The minimum absolute atomic E-state index is 0.320. The maximum Gasteiger partial charge on any atom is 0.329 e. The largest absolute Gasteiger partial charge is 0.340 e. The Hall–Kier alpha value is -2.29. The lowest BCUT2D eigenvalue weighted by molar-refractivity contribution is 0.248. The van der Waals surface area contributed by atoms with Gasteiger partial charge >= 0.3 is 5.69 Å². The van der Waals surface area contributed by atoms with Crippen LogP contribution in [0.5, 0.6) is 0 Å². The molecule has 4 rings (SSSR count). The van der Waals surface area contributed by atoms with Crippen molar-refractivity contribution in [2.24, 2.45) is 13.0 Å². The summed E-state index contributed by atoms with van der Waals surface area (Å²) in [6.45, 7) is 8.78. The van der Waals surface area contributed by atoms with Crippen LogP contribution in [0.2, 0.25) is 10.0 Å². The van der Waals surface area contributed by atoms with Gasteiger partial charge in [0.1, 0.15) is 0 Å². The van der Waals surface area contributed by atoms with Gasteiger partial charge in [-0.1, -0.05) is 43.1 Å². The zero-order valence-corrected chi connectivity index (χ0v) is 19.4. The summed E-state index contributed by atoms with van der Waals surface area (Å²) in [5.41, 5.74) is 1.06. The Morgan fingerprint density at radius 3 is 2.48 bits per heavy atom. The Morgan fingerprint density at radius 1 is 1.13 bits per heavy atom. The molecule has 1 saturated heterocycles. The van der Waals surface area contributed by atoms with Crippen molar-refractivity contribution in [2.45, 2.75) is 26.9 Å². The van der Waals surface area contributed by atoms with Gasteiger partial charge in [0.05, 0.1) is 0 Å². The lowest BCUT2D eigenvalue weighted by Crippen LogP contribution is -2.47. The van der Waals surface area contributed by atoms with Gasteiger partial charge in [0, 0.05) is 56.4 Å². The molecule has 0 spiro atoms. The van der Waals surface area contributed by atoms with Gasteiger partial charge < -0.3 is 9.47 Å². The van der Waals surface area contributed by atoms with Crippen LogP contribution in [-0.2, 0) is 20.1 Å². The molecule has 0 radical (unpaired) electrons. The van der Waals surface area contributed by atoms with Crippen molar-refractivity contribution < 1.29 is 0 Å². The molecule has 0 atom stereocenters. The van der Waals surface area contributed by atoms with Crippen LogP contribution in [0.1, 0.15) is 19.4 Å². The number of nitrogens with one attached hydrogen (secondary N) is 1. The van der Waals surface area contributed by atoms with Gasteiger partial charge in [-0.3, -0.25) is 19.2 Å². The van der Waals surface area contributed by atoms with Crippen molar-refractivity contribution in [3.63, 3.8) is 0 Å². The molecule has 1 aliphatic heterocycles. The molecule has 0 unspecified atom stereocenters. The number of nitrogens with zero attached hydrogens (tertiary/aromatic N) is 5. The molecule has 0 bridgehead atoms. The smallest absolute Gasteiger partial charge is 0.329 e. The molecule has 3 heterocycles. The third kappa shape index (κ3) is 4.37. The summed E-state index contributed by atoms with van der Waals surface area (Å²) in [7, 11) is 1.63. The van der Waals surface area contributed by atoms with Crippen LogP contribution >= 0.6 is 23.2 Å². The molecule has 1 aliphatic rings. The van der Waals surface area contributed by atoms with Crippen LogP contribution in [0.4, 0.5) is 5.95 Å². The Balaban J connectivity index is 1.60. The Kier molecular flexibility index (Phi) is 6.14.